The molecule has 3 heteroatoms. The van der Waals surface area contributed by atoms with E-state index in [1.54, 1.807) is 0 Å². The van der Waals surface area contributed by atoms with Crippen LogP contribution < -0.4 is 4.74 Å². The van der Waals surface area contributed by atoms with Gasteiger partial charge in [-0.15, -0.1) is 0 Å². The lowest BCUT2D eigenvalue weighted by Gasteiger charge is -2.15. The Labute approximate surface area is 96.8 Å². The van der Waals surface area contributed by atoms with Gasteiger partial charge in [-0.3, -0.25) is 0 Å². The van der Waals surface area contributed by atoms with Crippen LogP contribution in [-0.2, 0) is 0 Å². The van der Waals surface area contributed by atoms with Crippen molar-refractivity contribution in [2.45, 2.75) is 13.8 Å². The predicted molar refractivity (Wildman–Crippen MR) is 65.0 cm³/mol. The number of aryl methyl sites for hydroxylation is 1. The van der Waals surface area contributed by atoms with Gasteiger partial charge in [0.25, 0.3) is 0 Å². The number of benzene rings is 1. The monoisotopic (exact) mass is 227 g/mol. The molecule has 0 fully saturated rings. The first kappa shape index (κ1) is 12.3. The molecule has 1 aromatic rings. The number of rotatable bonds is 4. The second kappa shape index (κ2) is 5.38. The third-order valence-corrected chi connectivity index (χ3v) is 2.71. The first-order valence-electron chi connectivity index (χ1n) is 5.05. The highest BCUT2D eigenvalue weighted by atomic mass is 35.5. The van der Waals surface area contributed by atoms with Crippen molar-refractivity contribution in [2.24, 2.45) is 0 Å². The molecule has 1 aromatic carbocycles. The minimum atomic E-state index is 0.664. The molecule has 1 rings (SSSR count). The van der Waals surface area contributed by atoms with Crippen LogP contribution in [0.4, 0.5) is 0 Å². The quantitative estimate of drug-likeness (QED) is 0.785. The van der Waals surface area contributed by atoms with Crippen molar-refractivity contribution >= 4 is 11.6 Å². The molecule has 0 aliphatic rings. The van der Waals surface area contributed by atoms with Gasteiger partial charge in [0.2, 0.25) is 0 Å². The first-order valence-corrected chi connectivity index (χ1v) is 5.43. The average Bonchev–Trinajstić information content (AvgIpc) is 2.17. The summed E-state index contributed by atoms with van der Waals surface area (Å²) in [5.41, 5.74) is 2.33. The maximum absolute atomic E-state index is 6.08. The highest BCUT2D eigenvalue weighted by Gasteiger charge is 2.07. The predicted octanol–water partition coefficient (Wildman–Crippen LogP) is 2.90. The molecule has 0 saturated carbocycles. The van der Waals surface area contributed by atoms with E-state index in [1.165, 1.54) is 5.56 Å². The molecule has 0 N–H and O–H groups in total. The van der Waals surface area contributed by atoms with Crippen molar-refractivity contribution in [2.75, 3.05) is 27.2 Å². The summed E-state index contributed by atoms with van der Waals surface area (Å²) in [6.07, 6.45) is 0. The van der Waals surface area contributed by atoms with E-state index in [1.807, 2.05) is 33.2 Å². The van der Waals surface area contributed by atoms with Crippen LogP contribution in [0.15, 0.2) is 12.1 Å². The molecule has 0 bridgehead atoms. The Morgan fingerprint density at radius 2 is 1.93 bits per heavy atom. The number of nitrogens with zero attached hydrogens (tertiary/aromatic N) is 1. The number of hydrogen-bond acceptors (Lipinski definition) is 2. The maximum Gasteiger partial charge on any atom is 0.141 e. The lowest BCUT2D eigenvalue weighted by Crippen LogP contribution is -2.19. The van der Waals surface area contributed by atoms with E-state index in [9.17, 15) is 0 Å². The summed E-state index contributed by atoms with van der Waals surface area (Å²) in [4.78, 5) is 2.08. The molecule has 0 atom stereocenters. The van der Waals surface area contributed by atoms with E-state index in [0.29, 0.717) is 11.6 Å². The molecule has 0 unspecified atom stereocenters. The number of hydrogen-bond donors (Lipinski definition) is 0. The van der Waals surface area contributed by atoms with Gasteiger partial charge < -0.3 is 9.64 Å². The third kappa shape index (κ3) is 3.40. The zero-order valence-corrected chi connectivity index (χ0v) is 10.6. The third-order valence-electron chi connectivity index (χ3n) is 2.41. The van der Waals surface area contributed by atoms with Crippen LogP contribution in [0.2, 0.25) is 5.02 Å². The molecule has 0 aliphatic carbocycles. The number of ether oxygens (including phenoxy) is 1. The lowest BCUT2D eigenvalue weighted by atomic mass is 10.1. The largest absolute Gasteiger partial charge is 0.490 e. The van der Waals surface area contributed by atoms with Crippen LogP contribution >= 0.6 is 11.6 Å². The maximum atomic E-state index is 6.08. The normalized spacial score (nSPS) is 10.8. The Kier molecular flexibility index (Phi) is 4.43. The molecule has 0 heterocycles. The summed E-state index contributed by atoms with van der Waals surface area (Å²) in [7, 11) is 4.04. The lowest BCUT2D eigenvalue weighted by molar-refractivity contribution is 0.260. The molecule has 15 heavy (non-hydrogen) atoms. The Balaban J connectivity index is 2.71. The Morgan fingerprint density at radius 3 is 2.53 bits per heavy atom. The summed E-state index contributed by atoms with van der Waals surface area (Å²) in [5.74, 6) is 0.818. The topological polar surface area (TPSA) is 12.5 Å². The molecular weight excluding hydrogens is 210 g/mol. The van der Waals surface area contributed by atoms with E-state index < -0.39 is 0 Å². The smallest absolute Gasteiger partial charge is 0.141 e. The van der Waals surface area contributed by atoms with Gasteiger partial charge in [-0.25, -0.2) is 0 Å². The first-order chi connectivity index (χ1) is 7.02. The van der Waals surface area contributed by atoms with Crippen LogP contribution in [0.3, 0.4) is 0 Å². The van der Waals surface area contributed by atoms with Crippen LogP contribution in [0, 0.1) is 13.8 Å². The van der Waals surface area contributed by atoms with Gasteiger partial charge in [0.1, 0.15) is 12.4 Å². The van der Waals surface area contributed by atoms with Gasteiger partial charge in [0, 0.05) is 6.54 Å². The fraction of sp³-hybridized carbons (Fsp3) is 0.500. The summed E-state index contributed by atoms with van der Waals surface area (Å²) >= 11 is 6.08. The van der Waals surface area contributed by atoms with E-state index in [0.717, 1.165) is 17.9 Å². The van der Waals surface area contributed by atoms with Crippen molar-refractivity contribution in [1.29, 1.82) is 0 Å². The molecule has 0 radical (unpaired) electrons. The highest BCUT2D eigenvalue weighted by molar-refractivity contribution is 6.32. The second-order valence-corrected chi connectivity index (χ2v) is 4.38. The van der Waals surface area contributed by atoms with E-state index in [2.05, 4.69) is 11.8 Å². The minimum Gasteiger partial charge on any atom is -0.490 e. The van der Waals surface area contributed by atoms with Crippen molar-refractivity contribution in [1.82, 2.24) is 4.90 Å². The van der Waals surface area contributed by atoms with Crippen molar-refractivity contribution in [3.8, 4) is 5.75 Å². The summed E-state index contributed by atoms with van der Waals surface area (Å²) in [5, 5.41) is 0.692. The van der Waals surface area contributed by atoms with E-state index in [4.69, 9.17) is 16.3 Å². The molecule has 0 amide bonds. The van der Waals surface area contributed by atoms with Gasteiger partial charge in [-0.2, -0.15) is 0 Å². The Morgan fingerprint density at radius 1 is 1.27 bits per heavy atom. The molecular formula is C12H18ClNO. The van der Waals surface area contributed by atoms with Gasteiger partial charge >= 0.3 is 0 Å². The number of halogens is 1. The van der Waals surface area contributed by atoms with Gasteiger partial charge in [0.15, 0.2) is 0 Å². The SMILES string of the molecule is Cc1ccc(Cl)c(OCCN(C)C)c1C. The van der Waals surface area contributed by atoms with Crippen molar-refractivity contribution in [3.63, 3.8) is 0 Å². The summed E-state index contributed by atoms with van der Waals surface area (Å²) in [6, 6.07) is 3.89. The molecule has 84 valence electrons. The highest BCUT2D eigenvalue weighted by Crippen LogP contribution is 2.30. The van der Waals surface area contributed by atoms with Crippen LogP contribution in [0.5, 0.6) is 5.75 Å². The zero-order chi connectivity index (χ0) is 11.4. The average molecular weight is 228 g/mol. The van der Waals surface area contributed by atoms with E-state index in [-0.39, 0.29) is 0 Å². The summed E-state index contributed by atoms with van der Waals surface area (Å²) in [6.45, 7) is 5.65. The Hall–Kier alpha value is -0.730. The number of likely N-dealkylation sites (N-methyl/N-ethyl adjacent to an activating group) is 1. The van der Waals surface area contributed by atoms with E-state index >= 15 is 0 Å². The van der Waals surface area contributed by atoms with Crippen LogP contribution in [-0.4, -0.2) is 32.1 Å². The molecule has 2 nitrogen and oxygen atoms in total. The molecule has 0 aromatic heterocycles. The van der Waals surface area contributed by atoms with Gasteiger partial charge in [-0.1, -0.05) is 17.7 Å². The fourth-order valence-electron chi connectivity index (χ4n) is 1.26. The van der Waals surface area contributed by atoms with Crippen LogP contribution in [0.25, 0.3) is 0 Å². The Bertz CT molecular complexity index is 337. The van der Waals surface area contributed by atoms with Crippen molar-refractivity contribution in [3.05, 3.63) is 28.3 Å². The van der Waals surface area contributed by atoms with Crippen LogP contribution in [0.1, 0.15) is 11.1 Å². The standard InChI is InChI=1S/C12H18ClNO/c1-9-5-6-11(13)12(10(9)2)15-8-7-14(3)4/h5-6H,7-8H2,1-4H3. The zero-order valence-electron chi connectivity index (χ0n) is 9.80. The van der Waals surface area contributed by atoms with Gasteiger partial charge in [0.05, 0.1) is 5.02 Å². The molecule has 0 spiro atoms. The minimum absolute atomic E-state index is 0.664. The summed E-state index contributed by atoms with van der Waals surface area (Å²) < 4.78 is 5.69. The fourth-order valence-corrected chi connectivity index (χ4v) is 1.52. The molecule has 0 saturated heterocycles. The molecule has 0 aliphatic heterocycles. The second-order valence-electron chi connectivity index (χ2n) is 3.97. The van der Waals surface area contributed by atoms with Crippen molar-refractivity contribution < 1.29 is 4.74 Å². The van der Waals surface area contributed by atoms with Gasteiger partial charge in [-0.05, 0) is 45.1 Å².